The van der Waals surface area contributed by atoms with Crippen molar-refractivity contribution >= 4 is 63.9 Å². The number of imide groups is 2. The van der Waals surface area contributed by atoms with E-state index in [1.165, 1.54) is 19.2 Å². The molecular formula is C33H26Cl2FN3O5. The minimum absolute atomic E-state index is 0.0222. The third-order valence-corrected chi connectivity index (χ3v) is 10.9. The molecule has 1 saturated carbocycles. The summed E-state index contributed by atoms with van der Waals surface area (Å²) in [6, 6.07) is 20.3. The Morgan fingerprint density at radius 1 is 0.864 bits per heavy atom. The van der Waals surface area contributed by atoms with E-state index < -0.39 is 62.7 Å². The van der Waals surface area contributed by atoms with Gasteiger partial charge in [-0.15, -0.1) is 23.2 Å². The molecule has 6 unspecified atom stereocenters. The number of benzene rings is 3. The molecule has 0 aromatic heterocycles. The molecule has 4 amide bonds. The second-order valence-corrected chi connectivity index (χ2v) is 13.0. The monoisotopic (exact) mass is 633 g/mol. The van der Waals surface area contributed by atoms with Crippen LogP contribution in [0.15, 0.2) is 84.4 Å². The summed E-state index contributed by atoms with van der Waals surface area (Å²) in [5.74, 6) is -7.72. The molecule has 2 N–H and O–H groups in total. The zero-order valence-corrected chi connectivity index (χ0v) is 24.8. The predicted molar refractivity (Wildman–Crippen MR) is 162 cm³/mol. The topological polar surface area (TPSA) is 107 Å². The molecule has 3 fully saturated rings. The van der Waals surface area contributed by atoms with Gasteiger partial charge in [0.15, 0.2) is 21.3 Å². The molecule has 2 aliphatic carbocycles. The molecule has 2 aliphatic heterocycles. The van der Waals surface area contributed by atoms with Crippen molar-refractivity contribution < 1.29 is 28.7 Å². The molecule has 8 nitrogen and oxygen atoms in total. The Labute approximate surface area is 262 Å². The zero-order chi connectivity index (χ0) is 31.1. The number of phenolic OH excluding ortho intramolecular Hbond substituents is 1. The molecule has 6 atom stereocenters. The number of rotatable bonds is 4. The Kier molecular flexibility index (Phi) is 6.43. The van der Waals surface area contributed by atoms with E-state index in [1.807, 2.05) is 30.3 Å². The van der Waals surface area contributed by atoms with Crippen molar-refractivity contribution in [1.82, 2.24) is 4.90 Å². The molecule has 3 aromatic carbocycles. The Morgan fingerprint density at radius 2 is 1.55 bits per heavy atom. The molecule has 0 bridgehead atoms. The molecule has 0 spiro atoms. The first-order valence-corrected chi connectivity index (χ1v) is 14.9. The van der Waals surface area contributed by atoms with Crippen LogP contribution in [-0.4, -0.2) is 50.4 Å². The Morgan fingerprint density at radius 3 is 2.25 bits per heavy atom. The molecule has 2 saturated heterocycles. The van der Waals surface area contributed by atoms with Gasteiger partial charge in [-0.05, 0) is 61.2 Å². The highest BCUT2D eigenvalue weighted by Crippen LogP contribution is 2.66. The Hall–Kier alpha value is -4.21. The number of likely N-dealkylation sites (tertiary alicyclic amines) is 1. The predicted octanol–water partition coefficient (Wildman–Crippen LogP) is 5.47. The second-order valence-electron chi connectivity index (χ2n) is 11.7. The average molecular weight is 634 g/mol. The number of fused-ring (bicyclic) bond motifs is 4. The minimum Gasteiger partial charge on any atom is -0.505 e. The van der Waals surface area contributed by atoms with Crippen LogP contribution in [0.1, 0.15) is 24.3 Å². The van der Waals surface area contributed by atoms with Crippen molar-refractivity contribution in [1.29, 1.82) is 0 Å². The summed E-state index contributed by atoms with van der Waals surface area (Å²) in [7, 11) is 1.27. The van der Waals surface area contributed by atoms with Crippen LogP contribution in [0.3, 0.4) is 0 Å². The molecule has 11 heteroatoms. The van der Waals surface area contributed by atoms with Crippen LogP contribution in [-0.2, 0) is 19.2 Å². The van der Waals surface area contributed by atoms with E-state index in [0.29, 0.717) is 11.3 Å². The van der Waals surface area contributed by atoms with E-state index in [1.54, 1.807) is 30.3 Å². The number of alkyl halides is 2. The maximum absolute atomic E-state index is 14.7. The molecule has 2 heterocycles. The van der Waals surface area contributed by atoms with Gasteiger partial charge in [0.25, 0.3) is 11.8 Å². The van der Waals surface area contributed by atoms with Crippen molar-refractivity contribution in [2.75, 3.05) is 17.3 Å². The largest absolute Gasteiger partial charge is 0.505 e. The SMILES string of the molecule is CN1C(=O)C2(Cl)CC3C(=CCC4C(=O)N(c5ccc(Nc6ccccc6)cc5)C(=O)C43)C(c3cccc(F)c3O)C2(Cl)C1=O. The summed E-state index contributed by atoms with van der Waals surface area (Å²) in [5, 5.41) is 14.1. The van der Waals surface area contributed by atoms with E-state index in [0.717, 1.165) is 27.2 Å². The number of allylic oxidation sites excluding steroid dienone is 2. The molecule has 224 valence electrons. The van der Waals surface area contributed by atoms with Gasteiger partial charge in [-0.2, -0.15) is 0 Å². The highest BCUT2D eigenvalue weighted by atomic mass is 35.5. The van der Waals surface area contributed by atoms with Crippen LogP contribution in [0, 0.1) is 23.6 Å². The van der Waals surface area contributed by atoms with Gasteiger partial charge in [-0.25, -0.2) is 4.39 Å². The van der Waals surface area contributed by atoms with Gasteiger partial charge in [-0.3, -0.25) is 29.0 Å². The third kappa shape index (κ3) is 3.75. The van der Waals surface area contributed by atoms with E-state index >= 15 is 0 Å². The van der Waals surface area contributed by atoms with Crippen LogP contribution >= 0.6 is 23.2 Å². The van der Waals surface area contributed by atoms with E-state index in [2.05, 4.69) is 5.32 Å². The zero-order valence-electron chi connectivity index (χ0n) is 23.3. The highest BCUT2D eigenvalue weighted by Gasteiger charge is 2.76. The third-order valence-electron chi connectivity index (χ3n) is 9.53. The van der Waals surface area contributed by atoms with Crippen molar-refractivity contribution in [2.24, 2.45) is 17.8 Å². The summed E-state index contributed by atoms with van der Waals surface area (Å²) >= 11 is 14.2. The van der Waals surface area contributed by atoms with Gasteiger partial charge >= 0.3 is 0 Å². The number of nitrogens with zero attached hydrogens (tertiary/aromatic N) is 2. The van der Waals surface area contributed by atoms with Crippen LogP contribution < -0.4 is 10.2 Å². The average Bonchev–Trinajstić information content (AvgIpc) is 3.34. The van der Waals surface area contributed by atoms with Crippen molar-refractivity contribution in [2.45, 2.75) is 28.5 Å². The van der Waals surface area contributed by atoms with Gasteiger partial charge in [0.2, 0.25) is 11.8 Å². The number of nitrogens with one attached hydrogen (secondary N) is 1. The maximum atomic E-state index is 14.7. The van der Waals surface area contributed by atoms with Crippen molar-refractivity contribution in [3.8, 4) is 5.75 Å². The lowest BCUT2D eigenvalue weighted by molar-refractivity contribution is -0.138. The lowest BCUT2D eigenvalue weighted by atomic mass is 9.56. The first-order valence-electron chi connectivity index (χ1n) is 14.2. The summed E-state index contributed by atoms with van der Waals surface area (Å²) < 4.78 is 14.7. The summed E-state index contributed by atoms with van der Waals surface area (Å²) in [6.07, 6.45) is 1.69. The van der Waals surface area contributed by atoms with Crippen LogP contribution in [0.5, 0.6) is 5.75 Å². The number of hydrogen-bond donors (Lipinski definition) is 2. The Balaban J connectivity index is 1.28. The fraction of sp³-hybridized carbons (Fsp3) is 0.273. The number of para-hydroxylation sites is 2. The molecule has 3 aromatic rings. The van der Waals surface area contributed by atoms with E-state index in [-0.39, 0.29) is 24.3 Å². The fourth-order valence-electron chi connectivity index (χ4n) is 7.49. The number of carbonyl (C=O) groups excluding carboxylic acids is 4. The lowest BCUT2D eigenvalue weighted by Gasteiger charge is -2.50. The number of carbonyl (C=O) groups is 4. The van der Waals surface area contributed by atoms with Crippen LogP contribution in [0.4, 0.5) is 21.5 Å². The smallest absolute Gasteiger partial charge is 0.253 e. The maximum Gasteiger partial charge on any atom is 0.253 e. The van der Waals surface area contributed by atoms with Gasteiger partial charge in [0, 0.05) is 29.9 Å². The van der Waals surface area contributed by atoms with E-state index in [4.69, 9.17) is 23.2 Å². The number of anilines is 3. The van der Waals surface area contributed by atoms with E-state index in [9.17, 15) is 28.7 Å². The van der Waals surface area contributed by atoms with Gasteiger partial charge in [-0.1, -0.05) is 42.0 Å². The number of phenols is 1. The van der Waals surface area contributed by atoms with Crippen LogP contribution in [0.25, 0.3) is 0 Å². The lowest BCUT2D eigenvalue weighted by Crippen LogP contribution is -2.60. The number of halogens is 3. The highest BCUT2D eigenvalue weighted by molar-refractivity contribution is 6.53. The summed E-state index contributed by atoms with van der Waals surface area (Å²) in [5.41, 5.74) is 2.49. The number of aromatic hydroxyl groups is 1. The number of amides is 4. The molecular weight excluding hydrogens is 608 g/mol. The van der Waals surface area contributed by atoms with Crippen molar-refractivity contribution in [3.05, 3.63) is 95.8 Å². The van der Waals surface area contributed by atoms with Gasteiger partial charge in [0.05, 0.1) is 17.5 Å². The van der Waals surface area contributed by atoms with Crippen molar-refractivity contribution in [3.63, 3.8) is 0 Å². The molecule has 44 heavy (non-hydrogen) atoms. The normalized spacial score (nSPS) is 31.0. The summed E-state index contributed by atoms with van der Waals surface area (Å²) in [4.78, 5) is 52.9. The van der Waals surface area contributed by atoms with Gasteiger partial charge < -0.3 is 10.4 Å². The van der Waals surface area contributed by atoms with Crippen LogP contribution in [0.2, 0.25) is 0 Å². The van der Waals surface area contributed by atoms with Gasteiger partial charge in [0.1, 0.15) is 0 Å². The fourth-order valence-corrected chi connectivity index (χ4v) is 8.50. The second kappa shape index (κ2) is 9.90. The minimum atomic E-state index is -2.10. The standard InChI is InChI=1S/C33H26Cl2FN3O5/c1-38-30(43)32(34)16-23-20(26(33(32,35)31(38)44)22-8-5-9-24(36)27(22)40)14-15-21-25(23)29(42)39(28(21)41)19-12-10-18(11-13-19)37-17-6-3-2-4-7-17/h2-14,21,23,25-26,37,40H,15-16H2,1H3. The first kappa shape index (κ1) is 28.6. The Bertz CT molecular complexity index is 1780. The molecule has 7 rings (SSSR count). The molecule has 0 radical (unpaired) electrons. The summed E-state index contributed by atoms with van der Waals surface area (Å²) in [6.45, 7) is 0. The molecule has 4 aliphatic rings. The first-order chi connectivity index (χ1) is 21.0. The number of hydrogen-bond acceptors (Lipinski definition) is 6. The quantitative estimate of drug-likeness (QED) is 0.224.